The maximum Gasteiger partial charge on any atom is 0.210 e. The molecule has 3 rings (SSSR count). The molecule has 3 aromatic carbocycles. The smallest absolute Gasteiger partial charge is 0.210 e. The quantitative estimate of drug-likeness (QED) is 0.426. The molecule has 1 atom stereocenters. The fraction of sp³-hybridized carbons (Fsp3) is 0.100. The molecule has 0 saturated carbocycles. The van der Waals surface area contributed by atoms with Gasteiger partial charge in [0, 0.05) is 10.6 Å². The van der Waals surface area contributed by atoms with Crippen LogP contribution in [0.25, 0.3) is 0 Å². The molecule has 6 heteroatoms. The van der Waals surface area contributed by atoms with Crippen LogP contribution in [0.2, 0.25) is 0 Å². The Morgan fingerprint density at radius 2 is 1.08 bits per heavy atom. The molecule has 0 aliphatic carbocycles. The van der Waals surface area contributed by atoms with Crippen LogP contribution in [0.5, 0.6) is 0 Å². The molecule has 0 amide bonds. The lowest BCUT2D eigenvalue weighted by molar-refractivity contribution is 0.562. The van der Waals surface area contributed by atoms with E-state index in [2.05, 4.69) is 5.09 Å². The average molecular weight is 425 g/mol. The summed E-state index contributed by atoms with van der Waals surface area (Å²) in [6.45, 7) is 0. The molecule has 0 aromatic heterocycles. The van der Waals surface area contributed by atoms with Crippen LogP contribution in [0.3, 0.4) is 0 Å². The van der Waals surface area contributed by atoms with Gasteiger partial charge in [-0.2, -0.15) is 0 Å². The van der Waals surface area contributed by atoms with Crippen molar-refractivity contribution in [3.05, 3.63) is 96.6 Å². The molecular formula is C20H17Cl3NOP. The Balaban J connectivity index is 2.12. The average Bonchev–Trinajstić information content (AvgIpc) is 2.67. The molecule has 1 N–H and O–H groups in total. The van der Waals surface area contributed by atoms with E-state index in [1.54, 1.807) is 0 Å². The molecule has 0 saturated heterocycles. The maximum atomic E-state index is 14.2. The first-order chi connectivity index (χ1) is 12.4. The minimum atomic E-state index is -3.25. The third-order valence-electron chi connectivity index (χ3n) is 4.01. The van der Waals surface area contributed by atoms with Crippen LogP contribution < -0.4 is 15.7 Å². The molecule has 0 aliphatic heterocycles. The van der Waals surface area contributed by atoms with Gasteiger partial charge in [-0.25, -0.2) is 5.09 Å². The van der Waals surface area contributed by atoms with Crippen molar-refractivity contribution < 1.29 is 4.57 Å². The summed E-state index contributed by atoms with van der Waals surface area (Å²) in [5, 5.41) is 4.49. The van der Waals surface area contributed by atoms with Gasteiger partial charge >= 0.3 is 0 Å². The summed E-state index contributed by atoms with van der Waals surface area (Å²) in [5.41, 5.74) is 0.750. The Hall–Kier alpha value is -1.28. The number of halogens is 3. The molecule has 0 fully saturated rings. The van der Waals surface area contributed by atoms with E-state index in [1.807, 2.05) is 91.0 Å². The van der Waals surface area contributed by atoms with E-state index in [4.69, 9.17) is 34.8 Å². The van der Waals surface area contributed by atoms with E-state index in [-0.39, 0.29) is 0 Å². The second-order valence-electron chi connectivity index (χ2n) is 5.79. The first-order valence-corrected chi connectivity index (χ1v) is 10.9. The Labute approximate surface area is 168 Å². The third-order valence-corrected chi connectivity index (χ3v) is 7.34. The van der Waals surface area contributed by atoms with E-state index in [0.29, 0.717) is 10.6 Å². The van der Waals surface area contributed by atoms with Crippen LogP contribution in [0.1, 0.15) is 11.6 Å². The normalized spacial score (nSPS) is 13.3. The van der Waals surface area contributed by atoms with Crippen LogP contribution in [0.4, 0.5) is 0 Å². The van der Waals surface area contributed by atoms with Crippen LogP contribution in [-0.2, 0) is 4.57 Å². The lowest BCUT2D eigenvalue weighted by atomic mass is 10.1. The summed E-state index contributed by atoms with van der Waals surface area (Å²) in [5.74, 6) is 0. The van der Waals surface area contributed by atoms with E-state index in [1.165, 1.54) is 0 Å². The van der Waals surface area contributed by atoms with Gasteiger partial charge in [0.1, 0.15) is 0 Å². The zero-order valence-electron chi connectivity index (χ0n) is 13.7. The minimum absolute atomic E-state index is 0.654. The van der Waals surface area contributed by atoms with Crippen molar-refractivity contribution in [1.82, 2.24) is 5.09 Å². The predicted octanol–water partition coefficient (Wildman–Crippen LogP) is 5.62. The topological polar surface area (TPSA) is 29.1 Å². The first-order valence-electron chi connectivity index (χ1n) is 8.02. The number of benzene rings is 3. The minimum Gasteiger partial charge on any atom is -0.297 e. The zero-order valence-corrected chi connectivity index (χ0v) is 16.9. The van der Waals surface area contributed by atoms with Crippen molar-refractivity contribution in [2.75, 3.05) is 0 Å². The molecule has 134 valence electrons. The second kappa shape index (κ2) is 8.17. The van der Waals surface area contributed by atoms with Crippen molar-refractivity contribution in [3.8, 4) is 0 Å². The first kappa shape index (κ1) is 19.5. The van der Waals surface area contributed by atoms with Crippen LogP contribution in [0.15, 0.2) is 91.0 Å². The van der Waals surface area contributed by atoms with Gasteiger partial charge in [-0.05, 0) is 29.8 Å². The van der Waals surface area contributed by atoms with E-state index in [0.717, 1.165) is 5.56 Å². The van der Waals surface area contributed by atoms with Crippen molar-refractivity contribution in [2.45, 2.75) is 9.83 Å². The number of rotatable bonds is 5. The number of hydrogen-bond acceptors (Lipinski definition) is 1. The molecule has 2 nitrogen and oxygen atoms in total. The van der Waals surface area contributed by atoms with Gasteiger partial charge in [0.05, 0.1) is 6.04 Å². The van der Waals surface area contributed by atoms with E-state index < -0.39 is 17.1 Å². The standard InChI is InChI=1S/C20H17Cl3NOP/c21-20(22,23)19(16-10-4-1-5-11-16)24-26(25,17-12-6-2-7-13-17)18-14-8-3-9-15-18/h1-15,19H,(H,24,25). The Bertz CT molecular complexity index is 840. The monoisotopic (exact) mass is 423 g/mol. The second-order valence-corrected chi connectivity index (χ2v) is 10.7. The van der Waals surface area contributed by atoms with Gasteiger partial charge in [-0.15, -0.1) is 0 Å². The summed E-state index contributed by atoms with van der Waals surface area (Å²) >= 11 is 18.8. The Kier molecular flexibility index (Phi) is 6.12. The highest BCUT2D eigenvalue weighted by molar-refractivity contribution is 7.76. The fourth-order valence-electron chi connectivity index (χ4n) is 2.74. The summed E-state index contributed by atoms with van der Waals surface area (Å²) < 4.78 is 12.5. The van der Waals surface area contributed by atoms with Gasteiger partial charge in [-0.1, -0.05) is 102 Å². The number of nitrogens with one attached hydrogen (secondary N) is 1. The molecule has 0 spiro atoms. The lowest BCUT2D eigenvalue weighted by Gasteiger charge is -2.31. The lowest BCUT2D eigenvalue weighted by Crippen LogP contribution is -2.36. The number of hydrogen-bond donors (Lipinski definition) is 1. The van der Waals surface area contributed by atoms with Crippen LogP contribution in [-0.4, -0.2) is 3.79 Å². The van der Waals surface area contributed by atoms with Crippen molar-refractivity contribution in [2.24, 2.45) is 0 Å². The largest absolute Gasteiger partial charge is 0.297 e. The van der Waals surface area contributed by atoms with Gasteiger partial charge in [0.15, 0.2) is 0 Å². The van der Waals surface area contributed by atoms with Gasteiger partial charge < -0.3 is 0 Å². The molecule has 0 heterocycles. The predicted molar refractivity (Wildman–Crippen MR) is 112 cm³/mol. The Morgan fingerprint density at radius 3 is 1.46 bits per heavy atom. The van der Waals surface area contributed by atoms with E-state index in [9.17, 15) is 4.57 Å². The van der Waals surface area contributed by atoms with Gasteiger partial charge in [-0.3, -0.25) is 4.57 Å². The van der Waals surface area contributed by atoms with Crippen molar-refractivity contribution in [3.63, 3.8) is 0 Å². The molecule has 26 heavy (non-hydrogen) atoms. The SMILES string of the molecule is O=P(NC(c1ccccc1)C(Cl)(Cl)Cl)(c1ccccc1)c1ccccc1. The third kappa shape index (κ3) is 4.34. The van der Waals surface area contributed by atoms with Crippen molar-refractivity contribution in [1.29, 1.82) is 0 Å². The highest BCUT2D eigenvalue weighted by Gasteiger charge is 2.40. The molecular weight excluding hydrogens is 408 g/mol. The molecule has 3 aromatic rings. The number of alkyl halides is 3. The van der Waals surface area contributed by atoms with Gasteiger partial charge in [0.2, 0.25) is 11.1 Å². The summed E-state index contributed by atoms with van der Waals surface area (Å²) in [4.78, 5) is 0. The fourth-order valence-corrected chi connectivity index (χ4v) is 5.99. The molecule has 0 bridgehead atoms. The summed E-state index contributed by atoms with van der Waals surface area (Å²) in [7, 11) is -3.25. The molecule has 0 aliphatic rings. The van der Waals surface area contributed by atoms with Crippen molar-refractivity contribution >= 4 is 52.7 Å². The summed E-state index contributed by atoms with van der Waals surface area (Å²) in [6, 6.07) is 27.0. The molecule has 1 unspecified atom stereocenters. The van der Waals surface area contributed by atoms with Crippen LogP contribution in [0, 0.1) is 0 Å². The van der Waals surface area contributed by atoms with Gasteiger partial charge in [0.25, 0.3) is 0 Å². The highest BCUT2D eigenvalue weighted by Crippen LogP contribution is 2.48. The maximum absolute atomic E-state index is 14.2. The molecule has 0 radical (unpaired) electrons. The Morgan fingerprint density at radius 1 is 0.692 bits per heavy atom. The van der Waals surface area contributed by atoms with Crippen LogP contribution >= 0.6 is 42.1 Å². The zero-order chi connectivity index (χ0) is 18.6. The highest BCUT2D eigenvalue weighted by atomic mass is 35.6. The summed E-state index contributed by atoms with van der Waals surface area (Å²) in [6.07, 6.45) is 0. The van der Waals surface area contributed by atoms with E-state index >= 15 is 0 Å².